The summed E-state index contributed by atoms with van der Waals surface area (Å²) in [6.07, 6.45) is 5.70. The van der Waals surface area contributed by atoms with E-state index >= 15 is 0 Å². The summed E-state index contributed by atoms with van der Waals surface area (Å²) in [5, 5.41) is 5.21. The topological polar surface area (TPSA) is 77.3 Å². The summed E-state index contributed by atoms with van der Waals surface area (Å²) in [5.41, 5.74) is 2.31. The van der Waals surface area contributed by atoms with Gasteiger partial charge in [-0.05, 0) is 30.9 Å². The lowest BCUT2D eigenvalue weighted by Crippen LogP contribution is -2.48. The Morgan fingerprint density at radius 1 is 1.18 bits per heavy atom. The van der Waals surface area contributed by atoms with Crippen molar-refractivity contribution in [1.29, 1.82) is 0 Å². The zero-order chi connectivity index (χ0) is 19.5. The van der Waals surface area contributed by atoms with Gasteiger partial charge in [-0.2, -0.15) is 5.10 Å². The van der Waals surface area contributed by atoms with Crippen molar-refractivity contribution < 1.29 is 14.3 Å². The SMILES string of the molecule is COC(=O)C1CCCCN1C(=O)c1cnc2c(cnn2Cc2ccccc2)c1. The average Bonchev–Trinajstić information content (AvgIpc) is 3.15. The maximum atomic E-state index is 13.0. The number of benzene rings is 1. The summed E-state index contributed by atoms with van der Waals surface area (Å²) in [6, 6.07) is 11.3. The molecular formula is C21H22N4O3. The second kappa shape index (κ2) is 7.80. The molecule has 1 aliphatic heterocycles. The third kappa shape index (κ3) is 3.47. The van der Waals surface area contributed by atoms with E-state index in [1.165, 1.54) is 7.11 Å². The molecule has 7 nitrogen and oxygen atoms in total. The predicted molar refractivity (Wildman–Crippen MR) is 104 cm³/mol. The molecule has 1 unspecified atom stereocenters. The van der Waals surface area contributed by atoms with Gasteiger partial charge in [0.05, 0.1) is 25.4 Å². The van der Waals surface area contributed by atoms with Crippen molar-refractivity contribution >= 4 is 22.9 Å². The zero-order valence-corrected chi connectivity index (χ0v) is 15.7. The quantitative estimate of drug-likeness (QED) is 0.652. The fourth-order valence-corrected chi connectivity index (χ4v) is 3.68. The molecule has 3 heterocycles. The first kappa shape index (κ1) is 18.2. The first-order chi connectivity index (χ1) is 13.7. The maximum absolute atomic E-state index is 13.0. The Hall–Kier alpha value is -3.22. The van der Waals surface area contributed by atoms with Gasteiger partial charge in [0.1, 0.15) is 6.04 Å². The van der Waals surface area contributed by atoms with Crippen LogP contribution in [0.5, 0.6) is 0 Å². The molecule has 1 fully saturated rings. The largest absolute Gasteiger partial charge is 0.467 e. The minimum Gasteiger partial charge on any atom is -0.467 e. The fraction of sp³-hybridized carbons (Fsp3) is 0.333. The highest BCUT2D eigenvalue weighted by molar-refractivity contribution is 5.99. The van der Waals surface area contributed by atoms with Crippen LogP contribution in [0.3, 0.4) is 0 Å². The van der Waals surface area contributed by atoms with E-state index in [1.54, 1.807) is 23.4 Å². The van der Waals surface area contributed by atoms with Gasteiger partial charge in [-0.25, -0.2) is 14.5 Å². The van der Waals surface area contributed by atoms with Gasteiger partial charge in [-0.15, -0.1) is 0 Å². The first-order valence-corrected chi connectivity index (χ1v) is 9.41. The summed E-state index contributed by atoms with van der Waals surface area (Å²) < 4.78 is 6.69. The number of amides is 1. The molecule has 2 aromatic heterocycles. The number of ether oxygens (including phenoxy) is 1. The number of piperidine rings is 1. The standard InChI is InChI=1S/C21H22N4O3/c1-28-21(27)18-9-5-6-10-24(18)20(26)17-11-16-13-23-25(19(16)22-12-17)14-15-7-3-2-4-8-15/h2-4,7-8,11-13,18H,5-6,9-10,14H2,1H3. The van der Waals surface area contributed by atoms with Gasteiger partial charge in [0.25, 0.3) is 5.91 Å². The number of carbonyl (C=O) groups is 2. The van der Waals surface area contributed by atoms with E-state index in [2.05, 4.69) is 10.1 Å². The lowest BCUT2D eigenvalue weighted by Gasteiger charge is -2.33. The van der Waals surface area contributed by atoms with Crippen LogP contribution in [0.15, 0.2) is 48.8 Å². The Kier molecular flexibility index (Phi) is 5.06. The van der Waals surface area contributed by atoms with Gasteiger partial charge in [0.2, 0.25) is 0 Å². The van der Waals surface area contributed by atoms with E-state index in [9.17, 15) is 9.59 Å². The summed E-state index contributed by atoms with van der Waals surface area (Å²) in [7, 11) is 1.36. The predicted octanol–water partition coefficient (Wildman–Crippen LogP) is 2.65. The smallest absolute Gasteiger partial charge is 0.328 e. The van der Waals surface area contributed by atoms with Gasteiger partial charge in [0.15, 0.2) is 5.65 Å². The molecule has 1 saturated heterocycles. The van der Waals surface area contributed by atoms with Gasteiger partial charge in [0, 0.05) is 18.1 Å². The summed E-state index contributed by atoms with van der Waals surface area (Å²) in [6.45, 7) is 1.16. The molecule has 0 radical (unpaired) electrons. The molecule has 4 rings (SSSR count). The number of hydrogen-bond donors (Lipinski definition) is 0. The van der Waals surface area contributed by atoms with Crippen LogP contribution in [0.1, 0.15) is 35.2 Å². The number of aromatic nitrogens is 3. The van der Waals surface area contributed by atoms with Crippen molar-refractivity contribution in [3.63, 3.8) is 0 Å². The highest BCUT2D eigenvalue weighted by atomic mass is 16.5. The summed E-state index contributed by atoms with van der Waals surface area (Å²) in [5.74, 6) is -0.557. The molecule has 3 aromatic rings. The Bertz CT molecular complexity index is 999. The van der Waals surface area contributed by atoms with Crippen molar-refractivity contribution in [3.8, 4) is 0 Å². The van der Waals surface area contributed by atoms with Crippen molar-refractivity contribution in [1.82, 2.24) is 19.7 Å². The second-order valence-corrected chi connectivity index (χ2v) is 6.96. The molecular weight excluding hydrogens is 356 g/mol. The Balaban J connectivity index is 1.59. The van der Waals surface area contributed by atoms with Crippen LogP contribution >= 0.6 is 0 Å². The van der Waals surface area contributed by atoms with E-state index in [4.69, 9.17) is 4.74 Å². The van der Waals surface area contributed by atoms with E-state index in [1.807, 2.05) is 35.0 Å². The number of hydrogen-bond acceptors (Lipinski definition) is 5. The lowest BCUT2D eigenvalue weighted by molar-refractivity contribution is -0.147. The van der Waals surface area contributed by atoms with Crippen LogP contribution < -0.4 is 0 Å². The van der Waals surface area contributed by atoms with Gasteiger partial charge >= 0.3 is 5.97 Å². The second-order valence-electron chi connectivity index (χ2n) is 6.96. The number of esters is 1. The minimum absolute atomic E-state index is 0.194. The van der Waals surface area contributed by atoms with Crippen LogP contribution in [0.2, 0.25) is 0 Å². The van der Waals surface area contributed by atoms with Gasteiger partial charge in [-0.1, -0.05) is 30.3 Å². The molecule has 144 valence electrons. The Labute approximate surface area is 162 Å². The van der Waals surface area contributed by atoms with Crippen LogP contribution in [-0.4, -0.2) is 51.2 Å². The summed E-state index contributed by atoms with van der Waals surface area (Å²) in [4.78, 5) is 31.2. The highest BCUT2D eigenvalue weighted by Crippen LogP contribution is 2.22. The van der Waals surface area contributed by atoms with Crippen molar-refractivity contribution in [2.45, 2.75) is 31.8 Å². The molecule has 1 aliphatic rings. The van der Waals surface area contributed by atoms with Crippen molar-refractivity contribution in [2.75, 3.05) is 13.7 Å². The lowest BCUT2D eigenvalue weighted by atomic mass is 10.0. The molecule has 0 N–H and O–H groups in total. The number of rotatable bonds is 4. The van der Waals surface area contributed by atoms with Crippen LogP contribution in [0.25, 0.3) is 11.0 Å². The first-order valence-electron chi connectivity index (χ1n) is 9.41. The van der Waals surface area contributed by atoms with Crippen LogP contribution in [0, 0.1) is 0 Å². The van der Waals surface area contributed by atoms with E-state index in [0.29, 0.717) is 25.1 Å². The molecule has 0 saturated carbocycles. The van der Waals surface area contributed by atoms with Crippen LogP contribution in [-0.2, 0) is 16.1 Å². The zero-order valence-electron chi connectivity index (χ0n) is 15.7. The normalized spacial score (nSPS) is 16.9. The molecule has 1 atom stereocenters. The molecule has 0 bridgehead atoms. The number of methoxy groups -OCH3 is 1. The number of likely N-dealkylation sites (tertiary alicyclic amines) is 1. The monoisotopic (exact) mass is 378 g/mol. The molecule has 0 spiro atoms. The van der Waals surface area contributed by atoms with Crippen LogP contribution in [0.4, 0.5) is 0 Å². The average molecular weight is 378 g/mol. The fourth-order valence-electron chi connectivity index (χ4n) is 3.68. The molecule has 1 aromatic carbocycles. The minimum atomic E-state index is -0.525. The number of nitrogens with zero attached hydrogens (tertiary/aromatic N) is 4. The number of carbonyl (C=O) groups excluding carboxylic acids is 2. The Morgan fingerprint density at radius 3 is 2.79 bits per heavy atom. The maximum Gasteiger partial charge on any atom is 0.328 e. The van der Waals surface area contributed by atoms with E-state index in [-0.39, 0.29) is 11.9 Å². The Morgan fingerprint density at radius 2 is 2.00 bits per heavy atom. The number of pyridine rings is 1. The van der Waals surface area contributed by atoms with Crippen molar-refractivity contribution in [2.24, 2.45) is 0 Å². The molecule has 28 heavy (non-hydrogen) atoms. The highest BCUT2D eigenvalue weighted by Gasteiger charge is 2.33. The summed E-state index contributed by atoms with van der Waals surface area (Å²) >= 11 is 0. The number of fused-ring (bicyclic) bond motifs is 1. The molecule has 1 amide bonds. The third-order valence-electron chi connectivity index (χ3n) is 5.13. The van der Waals surface area contributed by atoms with Crippen molar-refractivity contribution in [3.05, 3.63) is 59.9 Å². The molecule has 7 heteroatoms. The molecule has 0 aliphatic carbocycles. The van der Waals surface area contributed by atoms with Gasteiger partial charge in [-0.3, -0.25) is 4.79 Å². The van der Waals surface area contributed by atoms with Gasteiger partial charge < -0.3 is 9.64 Å². The van der Waals surface area contributed by atoms with E-state index < -0.39 is 6.04 Å². The van der Waals surface area contributed by atoms with E-state index in [0.717, 1.165) is 29.4 Å². The third-order valence-corrected chi connectivity index (χ3v) is 5.13.